The Bertz CT molecular complexity index is 1360. The number of hydrogen-bond acceptors (Lipinski definition) is 2. The zero-order valence-corrected chi connectivity index (χ0v) is 33.4. The Hall–Kier alpha value is -0.873. The maximum atomic E-state index is 6.30. The van der Waals surface area contributed by atoms with Crippen molar-refractivity contribution in [2.75, 3.05) is 0 Å². The summed E-state index contributed by atoms with van der Waals surface area (Å²) in [5.74, 6) is 0. The van der Waals surface area contributed by atoms with Gasteiger partial charge in [0.05, 0.1) is 28.4 Å². The fraction of sp³-hybridized carbons (Fsp3) is 0.583. The van der Waals surface area contributed by atoms with Crippen molar-refractivity contribution in [3.05, 3.63) is 61.8 Å². The standard InChI is InChI=1S/C16H25N2P.C8H18ClP.C8H8N2.C4H9.Li/c1-15(2,3)19(16(4,5)6)14-17-12-10-8-9-11-13(12)18(14)7;1-7(2,3)10(9)8(4,5)6;1-10-6-9-7-4-2-3-5-8(7)10;1-3-4-2;/h8-11H,1-7H3;1-6H3;2-6H,1H3;1,3-4H2,2H3;/q;;;-1;+1. The molecule has 0 aliphatic rings. The van der Waals surface area contributed by atoms with Gasteiger partial charge in [-0.2, -0.15) is 6.42 Å². The van der Waals surface area contributed by atoms with Crippen LogP contribution >= 0.6 is 26.4 Å². The van der Waals surface area contributed by atoms with E-state index in [1.807, 2.05) is 36.1 Å². The largest absolute Gasteiger partial charge is 1.00 e. The number of unbranched alkanes of at least 4 members (excludes halogenated alkanes) is 1. The molecule has 242 valence electrons. The predicted octanol–water partition coefficient (Wildman–Crippen LogP) is 8.69. The number of fused-ring (bicyclic) bond motifs is 2. The normalized spacial score (nSPS) is 12.2. The Labute approximate surface area is 290 Å². The molecule has 0 N–H and O–H groups in total. The average Bonchev–Trinajstić information content (AvgIpc) is 3.41. The van der Waals surface area contributed by atoms with Crippen molar-refractivity contribution in [2.45, 2.75) is 123 Å². The summed E-state index contributed by atoms with van der Waals surface area (Å²) in [5, 5.41) is 1.05. The summed E-state index contributed by atoms with van der Waals surface area (Å²) in [4.78, 5) is 9.12. The van der Waals surface area contributed by atoms with Gasteiger partial charge in [0, 0.05) is 21.4 Å². The minimum atomic E-state index is -0.390. The van der Waals surface area contributed by atoms with E-state index in [2.05, 4.69) is 144 Å². The molecule has 0 unspecified atom stereocenters. The molecule has 0 saturated heterocycles. The van der Waals surface area contributed by atoms with Crippen molar-refractivity contribution in [3.63, 3.8) is 0 Å². The summed E-state index contributed by atoms with van der Waals surface area (Å²) in [7, 11) is 3.40. The maximum absolute atomic E-state index is 6.30. The van der Waals surface area contributed by atoms with Crippen LogP contribution < -0.4 is 24.4 Å². The van der Waals surface area contributed by atoms with E-state index < -0.39 is 7.27 Å². The van der Waals surface area contributed by atoms with Crippen molar-refractivity contribution >= 4 is 54.1 Å². The summed E-state index contributed by atoms with van der Waals surface area (Å²) >= 11 is 6.30. The van der Waals surface area contributed by atoms with Crippen molar-refractivity contribution in [3.8, 4) is 0 Å². The molecule has 4 nitrogen and oxygen atoms in total. The molecule has 0 amide bonds. The van der Waals surface area contributed by atoms with Crippen LogP contribution in [0.5, 0.6) is 0 Å². The smallest absolute Gasteiger partial charge is 0.343 e. The fourth-order valence-corrected chi connectivity index (χ4v) is 10.9. The van der Waals surface area contributed by atoms with Crippen LogP contribution in [0.1, 0.15) is 103 Å². The van der Waals surface area contributed by atoms with E-state index in [0.717, 1.165) is 17.5 Å². The Morgan fingerprint density at radius 1 is 0.705 bits per heavy atom. The number of nitrogens with zero attached hydrogens (tertiary/aromatic N) is 4. The molecule has 0 radical (unpaired) electrons. The summed E-state index contributed by atoms with van der Waals surface area (Å²) in [6.07, 6.45) is 4.10. The van der Waals surface area contributed by atoms with Crippen LogP contribution in [0, 0.1) is 6.92 Å². The molecule has 0 aliphatic carbocycles. The topological polar surface area (TPSA) is 35.6 Å². The first-order chi connectivity index (χ1) is 19.6. The molecular formula is C36H60ClLiN4P2. The molecule has 44 heavy (non-hydrogen) atoms. The second-order valence-corrected chi connectivity index (χ2v) is 23.0. The van der Waals surface area contributed by atoms with Gasteiger partial charge in [-0.1, -0.05) is 132 Å². The van der Waals surface area contributed by atoms with E-state index in [0.29, 0.717) is 0 Å². The Balaban J connectivity index is 0.000000629. The molecule has 2 heterocycles. The number of aromatic nitrogens is 4. The van der Waals surface area contributed by atoms with Crippen LogP contribution in [-0.2, 0) is 14.1 Å². The second-order valence-electron chi connectivity index (χ2n) is 15.0. The van der Waals surface area contributed by atoms with Gasteiger partial charge in [0.25, 0.3) is 0 Å². The third-order valence-electron chi connectivity index (χ3n) is 6.47. The van der Waals surface area contributed by atoms with Crippen LogP contribution in [0.25, 0.3) is 22.1 Å². The van der Waals surface area contributed by atoms with Crippen LogP contribution in [0.15, 0.2) is 54.9 Å². The Morgan fingerprint density at radius 2 is 1.11 bits per heavy atom. The number of para-hydroxylation sites is 4. The van der Waals surface area contributed by atoms with Crippen molar-refractivity contribution in [1.29, 1.82) is 0 Å². The molecule has 0 bridgehead atoms. The molecule has 0 fully saturated rings. The third kappa shape index (κ3) is 13.1. The van der Waals surface area contributed by atoms with Gasteiger partial charge >= 0.3 is 18.9 Å². The summed E-state index contributed by atoms with van der Waals surface area (Å²) in [6.45, 7) is 33.0. The van der Waals surface area contributed by atoms with Gasteiger partial charge in [-0.3, -0.25) is 0 Å². The van der Waals surface area contributed by atoms with Gasteiger partial charge < -0.3 is 16.1 Å². The fourth-order valence-electron chi connectivity index (χ4n) is 5.03. The van der Waals surface area contributed by atoms with Crippen molar-refractivity contribution in [1.82, 2.24) is 19.1 Å². The van der Waals surface area contributed by atoms with E-state index in [1.165, 1.54) is 23.0 Å². The quantitative estimate of drug-likeness (QED) is 0.123. The summed E-state index contributed by atoms with van der Waals surface area (Å²) < 4.78 is 4.30. The maximum Gasteiger partial charge on any atom is 1.00 e. The molecular weight excluding hydrogens is 593 g/mol. The van der Waals surface area contributed by atoms with E-state index in [1.54, 1.807) is 0 Å². The second kappa shape index (κ2) is 17.9. The van der Waals surface area contributed by atoms with Crippen LogP contribution in [-0.4, -0.2) is 39.7 Å². The van der Waals surface area contributed by atoms with Crippen molar-refractivity contribution in [2.24, 2.45) is 14.1 Å². The minimum absolute atomic E-state index is 0. The van der Waals surface area contributed by atoms with Crippen LogP contribution in [0.2, 0.25) is 0 Å². The number of hydrogen-bond donors (Lipinski definition) is 0. The van der Waals surface area contributed by atoms with Crippen molar-refractivity contribution < 1.29 is 18.9 Å². The third-order valence-corrected chi connectivity index (χ3v) is 15.4. The molecule has 2 aromatic carbocycles. The van der Waals surface area contributed by atoms with Gasteiger partial charge in [0.2, 0.25) is 0 Å². The monoisotopic (exact) mass is 652 g/mol. The van der Waals surface area contributed by atoms with E-state index in [-0.39, 0.29) is 47.4 Å². The Kier molecular flexibility index (Phi) is 17.5. The van der Waals surface area contributed by atoms with E-state index in [9.17, 15) is 0 Å². The van der Waals surface area contributed by atoms with Gasteiger partial charge in [-0.05, 0) is 52.8 Å². The molecule has 4 aromatic rings. The van der Waals surface area contributed by atoms with Crippen LogP contribution in [0.3, 0.4) is 0 Å². The molecule has 0 atom stereocenters. The zero-order valence-electron chi connectivity index (χ0n) is 30.9. The molecule has 0 saturated carbocycles. The molecule has 8 heteroatoms. The first-order valence-corrected chi connectivity index (χ1v) is 19.0. The van der Waals surface area contributed by atoms with Crippen LogP contribution in [0.4, 0.5) is 0 Å². The first-order valence-electron chi connectivity index (χ1n) is 15.4. The first kappa shape index (κ1) is 43.1. The van der Waals surface area contributed by atoms with Gasteiger partial charge in [0.15, 0.2) is 0 Å². The zero-order chi connectivity index (χ0) is 33.4. The number of halogens is 1. The number of benzene rings is 2. The molecule has 0 aliphatic heterocycles. The van der Waals surface area contributed by atoms with Gasteiger partial charge in [-0.15, -0.1) is 0 Å². The minimum Gasteiger partial charge on any atom is -0.343 e. The molecule has 4 rings (SSSR count). The molecule has 0 spiro atoms. The summed E-state index contributed by atoms with van der Waals surface area (Å²) in [5.41, 5.74) is 5.85. The van der Waals surface area contributed by atoms with E-state index >= 15 is 0 Å². The number of imidazole rings is 2. The SMILES string of the molecule is CC(C)(C)P(Cl)C(C)(C)C.Cn1c(P(C(C)(C)C)C(C)(C)C)nc2ccccc21.Cn1cnc2ccccc21.[CH2-]CCC.[Li+]. The Morgan fingerprint density at radius 3 is 1.45 bits per heavy atom. The van der Waals surface area contributed by atoms with Gasteiger partial charge in [-0.25, -0.2) is 9.97 Å². The van der Waals surface area contributed by atoms with Gasteiger partial charge in [0.1, 0.15) is 5.57 Å². The predicted molar refractivity (Wildman–Crippen MR) is 200 cm³/mol. The average molecular weight is 653 g/mol. The molecule has 2 aromatic heterocycles. The number of aryl methyl sites for hydroxylation is 2. The summed E-state index contributed by atoms with van der Waals surface area (Å²) in [6, 6.07) is 16.5. The van der Waals surface area contributed by atoms with E-state index in [4.69, 9.17) is 16.2 Å². The number of rotatable bonds is 2.